The molecule has 3 heterocycles. The van der Waals surface area contributed by atoms with E-state index in [1.54, 1.807) is 6.26 Å². The van der Waals surface area contributed by atoms with Crippen molar-refractivity contribution in [2.24, 2.45) is 0 Å². The summed E-state index contributed by atoms with van der Waals surface area (Å²) < 4.78 is 45.1. The number of pyridine rings is 1. The summed E-state index contributed by atoms with van der Waals surface area (Å²) in [5.74, 6) is -4.62. The van der Waals surface area contributed by atoms with E-state index in [2.05, 4.69) is 36.3 Å². The fourth-order valence-electron chi connectivity index (χ4n) is 3.77. The summed E-state index contributed by atoms with van der Waals surface area (Å²) >= 11 is 10.3. The molecule has 0 aliphatic heterocycles. The number of aromatic nitrogens is 4. The van der Waals surface area contributed by atoms with Gasteiger partial charge in [-0.3, -0.25) is 9.59 Å². The summed E-state index contributed by atoms with van der Waals surface area (Å²) in [5.41, 5.74) is -0.633. The number of nitrogens with zero attached hydrogens (tertiary/aromatic N) is 3. The van der Waals surface area contributed by atoms with Crippen molar-refractivity contribution in [3.63, 3.8) is 0 Å². The van der Waals surface area contributed by atoms with Crippen LogP contribution in [0.25, 0.3) is 16.7 Å². The number of aromatic amines is 1. The summed E-state index contributed by atoms with van der Waals surface area (Å²) in [7, 11) is 0. The lowest BCUT2D eigenvalue weighted by Crippen LogP contribution is -2.17. The lowest BCUT2D eigenvalue weighted by molar-refractivity contribution is 0.101. The van der Waals surface area contributed by atoms with E-state index >= 15 is 8.78 Å². The van der Waals surface area contributed by atoms with Gasteiger partial charge in [-0.2, -0.15) is 5.10 Å². The molecule has 2 N–H and O–H groups in total. The normalized spacial score (nSPS) is 11.2. The number of hydrogen-bond donors (Lipinski definition) is 2. The van der Waals surface area contributed by atoms with Crippen molar-refractivity contribution < 1.29 is 22.8 Å². The Morgan fingerprint density at radius 1 is 1.11 bits per heavy atom. The molecule has 0 atom stereocenters. The Morgan fingerprint density at radius 2 is 1.84 bits per heavy atom. The van der Waals surface area contributed by atoms with Gasteiger partial charge in [0.2, 0.25) is 5.78 Å². The summed E-state index contributed by atoms with van der Waals surface area (Å²) in [5, 5.41) is 7.68. The molecule has 0 fully saturated rings. The summed E-state index contributed by atoms with van der Waals surface area (Å²) in [4.78, 5) is 33.1. The van der Waals surface area contributed by atoms with Gasteiger partial charge >= 0.3 is 0 Å². The quantitative estimate of drug-likeness (QED) is 0.124. The van der Waals surface area contributed by atoms with Crippen LogP contribution in [-0.4, -0.2) is 37.7 Å². The average Bonchev–Trinajstić information content (AvgIpc) is 3.52. The van der Waals surface area contributed by atoms with Crippen molar-refractivity contribution in [2.45, 2.75) is 5.03 Å². The van der Waals surface area contributed by atoms with Crippen LogP contribution in [0, 0.1) is 17.5 Å². The first-order valence-corrected chi connectivity index (χ1v) is 13.1. The number of thioether (sulfide) groups is 1. The number of H-pyrrole nitrogens is 1. The minimum Gasteiger partial charge on any atom is -0.345 e. The van der Waals surface area contributed by atoms with Gasteiger partial charge in [-0.25, -0.2) is 22.8 Å². The molecular formula is C25H14BrClF3N5O2S. The van der Waals surface area contributed by atoms with Gasteiger partial charge in [0, 0.05) is 29.4 Å². The van der Waals surface area contributed by atoms with E-state index in [1.165, 1.54) is 65.2 Å². The first kappa shape index (κ1) is 26.0. The molecule has 0 bridgehead atoms. The number of nitrogens with one attached hydrogen (secondary N) is 2. The Hall–Kier alpha value is -3.61. The average molecular weight is 621 g/mol. The molecule has 38 heavy (non-hydrogen) atoms. The van der Waals surface area contributed by atoms with Crippen LogP contribution < -0.4 is 5.32 Å². The number of benzene rings is 2. The molecule has 0 saturated heterocycles. The second-order valence-corrected chi connectivity index (χ2v) is 10.0. The predicted octanol–water partition coefficient (Wildman–Crippen LogP) is 6.79. The number of carbonyl (C=O) groups is 2. The fraction of sp³-hybridized carbons (Fsp3) is 0.0400. The van der Waals surface area contributed by atoms with Gasteiger partial charge in [0.25, 0.3) is 5.91 Å². The van der Waals surface area contributed by atoms with E-state index in [4.69, 9.17) is 11.6 Å². The van der Waals surface area contributed by atoms with Crippen LogP contribution in [0.2, 0.25) is 5.02 Å². The number of fused-ring (bicyclic) bond motifs is 1. The van der Waals surface area contributed by atoms with Crippen molar-refractivity contribution in [1.82, 2.24) is 19.7 Å². The molecule has 0 aliphatic rings. The third-order valence-electron chi connectivity index (χ3n) is 5.56. The number of amides is 1. The first-order chi connectivity index (χ1) is 18.2. The van der Waals surface area contributed by atoms with Gasteiger partial charge in [-0.05, 0) is 58.6 Å². The Kier molecular flexibility index (Phi) is 7.03. The first-order valence-electron chi connectivity index (χ1n) is 10.7. The lowest BCUT2D eigenvalue weighted by atomic mass is 10.0. The van der Waals surface area contributed by atoms with Crippen LogP contribution in [0.3, 0.4) is 0 Å². The highest BCUT2D eigenvalue weighted by molar-refractivity contribution is 9.10. The fourth-order valence-corrected chi connectivity index (χ4v) is 4.90. The highest BCUT2D eigenvalue weighted by atomic mass is 79.9. The monoisotopic (exact) mass is 619 g/mol. The largest absolute Gasteiger partial charge is 0.345 e. The minimum absolute atomic E-state index is 0.0502. The summed E-state index contributed by atoms with van der Waals surface area (Å²) in [6.07, 6.45) is 4.41. The Labute approximate surface area is 230 Å². The molecule has 7 nitrogen and oxygen atoms in total. The molecule has 2 aromatic carbocycles. The van der Waals surface area contributed by atoms with Crippen LogP contribution in [0.5, 0.6) is 0 Å². The van der Waals surface area contributed by atoms with Crippen LogP contribution >= 0.6 is 39.3 Å². The van der Waals surface area contributed by atoms with Gasteiger partial charge in [0.1, 0.15) is 16.5 Å². The second kappa shape index (κ2) is 10.3. The van der Waals surface area contributed by atoms with Crippen LogP contribution in [0.1, 0.15) is 26.4 Å². The van der Waals surface area contributed by atoms with Crippen molar-refractivity contribution in [3.05, 3.63) is 98.6 Å². The zero-order valence-corrected chi connectivity index (χ0v) is 22.3. The second-order valence-electron chi connectivity index (χ2n) is 7.90. The van der Waals surface area contributed by atoms with Crippen LogP contribution in [0.15, 0.2) is 64.4 Å². The van der Waals surface area contributed by atoms with Crippen molar-refractivity contribution in [2.75, 3.05) is 11.6 Å². The summed E-state index contributed by atoms with van der Waals surface area (Å²) in [6.45, 7) is 0. The third-order valence-corrected chi connectivity index (χ3v) is 7.06. The highest BCUT2D eigenvalue weighted by Gasteiger charge is 2.28. The van der Waals surface area contributed by atoms with Gasteiger partial charge in [-0.1, -0.05) is 11.6 Å². The van der Waals surface area contributed by atoms with Crippen LogP contribution in [-0.2, 0) is 0 Å². The highest BCUT2D eigenvalue weighted by Crippen LogP contribution is 2.32. The van der Waals surface area contributed by atoms with Gasteiger partial charge in [-0.15, -0.1) is 11.8 Å². The van der Waals surface area contributed by atoms with Crippen molar-refractivity contribution >= 4 is 67.7 Å². The van der Waals surface area contributed by atoms with Gasteiger partial charge in [0.05, 0.1) is 26.4 Å². The molecular weight excluding hydrogens is 607 g/mol. The number of carbonyl (C=O) groups excluding carboxylic acids is 2. The number of ketones is 1. The minimum atomic E-state index is -1.27. The Bertz CT molecular complexity index is 1740. The molecule has 0 saturated carbocycles. The zero-order valence-electron chi connectivity index (χ0n) is 19.2. The maximum absolute atomic E-state index is 15.6. The predicted molar refractivity (Wildman–Crippen MR) is 142 cm³/mol. The topological polar surface area (TPSA) is 92.7 Å². The standard InChI is InChI=1S/C25H14BrClF3N5O2S/c1-38-19-8-18(34-35(19)13-4-2-12(28)3-5-13)25(37)33-17-7-16(26)21(29)20(22(17)30)23(36)15-10-32-24-14(15)6-11(27)9-31-24/h2-10H,1H3,(H,31,32)(H,33,37). The Balaban J connectivity index is 1.51. The number of hydrogen-bond acceptors (Lipinski definition) is 5. The molecule has 1 amide bonds. The maximum Gasteiger partial charge on any atom is 0.276 e. The van der Waals surface area contributed by atoms with E-state index < -0.39 is 40.4 Å². The van der Waals surface area contributed by atoms with E-state index in [0.717, 1.165) is 6.07 Å². The maximum atomic E-state index is 15.6. The zero-order chi connectivity index (χ0) is 27.1. The summed E-state index contributed by atoms with van der Waals surface area (Å²) in [6, 6.07) is 9.42. The van der Waals surface area contributed by atoms with Crippen LogP contribution in [0.4, 0.5) is 18.9 Å². The molecule has 0 spiro atoms. The smallest absolute Gasteiger partial charge is 0.276 e. The molecule has 5 aromatic rings. The molecule has 5 rings (SSSR count). The van der Waals surface area contributed by atoms with E-state index in [-0.39, 0.29) is 26.1 Å². The van der Waals surface area contributed by atoms with Gasteiger partial charge < -0.3 is 10.3 Å². The molecule has 0 aliphatic carbocycles. The SMILES string of the molecule is CSc1cc(C(=O)Nc2cc(Br)c(F)c(C(=O)c3c[nH]c4ncc(Cl)cc34)c2F)nn1-c1ccc(F)cc1. The van der Waals surface area contributed by atoms with Crippen molar-refractivity contribution in [3.8, 4) is 5.69 Å². The van der Waals surface area contributed by atoms with E-state index in [1.807, 2.05) is 0 Å². The number of anilines is 1. The molecule has 0 radical (unpaired) electrons. The lowest BCUT2D eigenvalue weighted by Gasteiger charge is -2.11. The van der Waals surface area contributed by atoms with Crippen molar-refractivity contribution in [1.29, 1.82) is 0 Å². The number of halogens is 5. The molecule has 0 unspecified atom stereocenters. The molecule has 3 aromatic heterocycles. The third kappa shape index (κ3) is 4.70. The molecule has 192 valence electrons. The van der Waals surface area contributed by atoms with E-state index in [9.17, 15) is 14.0 Å². The number of rotatable bonds is 6. The van der Waals surface area contributed by atoms with Gasteiger partial charge in [0.15, 0.2) is 17.3 Å². The Morgan fingerprint density at radius 3 is 2.55 bits per heavy atom. The molecule has 13 heteroatoms. The van der Waals surface area contributed by atoms with E-state index in [0.29, 0.717) is 16.4 Å².